The van der Waals surface area contributed by atoms with Gasteiger partial charge >= 0.3 is 5.97 Å². The maximum atomic E-state index is 12.1. The van der Waals surface area contributed by atoms with E-state index in [1.54, 1.807) is 24.3 Å². The summed E-state index contributed by atoms with van der Waals surface area (Å²) >= 11 is 2.20. The molecule has 0 fully saturated rings. The SMILES string of the molecule is O=C(OC1=C/C=C\C\C=C/C=C\C=C\1)c1ccc(I)cc1. The maximum Gasteiger partial charge on any atom is 0.343 e. The van der Waals surface area contributed by atoms with Gasteiger partial charge in [-0.3, -0.25) is 0 Å². The Kier molecular flexibility index (Phi) is 6.22. The van der Waals surface area contributed by atoms with Gasteiger partial charge in [0.1, 0.15) is 5.76 Å². The molecule has 0 radical (unpaired) electrons. The number of rotatable bonds is 2. The van der Waals surface area contributed by atoms with Gasteiger partial charge in [0.2, 0.25) is 0 Å². The standard InChI is InChI=1S/C18H15IO2/c19-16-13-11-15(12-14-16)18(20)21-17-9-7-5-3-1-2-4-6-8-10-17/h1-3,5-14H,4H2/b2-1-,5-3-,8-6-,9-7+,17-10+. The summed E-state index contributed by atoms with van der Waals surface area (Å²) in [6.45, 7) is 0. The lowest BCUT2D eigenvalue weighted by atomic mass is 10.2. The van der Waals surface area contributed by atoms with Crippen molar-refractivity contribution in [2.24, 2.45) is 0 Å². The van der Waals surface area contributed by atoms with Gasteiger partial charge in [0.25, 0.3) is 0 Å². The fourth-order valence-corrected chi connectivity index (χ4v) is 1.99. The van der Waals surface area contributed by atoms with Crippen molar-refractivity contribution in [3.05, 3.63) is 93.8 Å². The van der Waals surface area contributed by atoms with Crippen molar-refractivity contribution in [1.82, 2.24) is 0 Å². The zero-order valence-corrected chi connectivity index (χ0v) is 13.6. The van der Waals surface area contributed by atoms with E-state index in [-0.39, 0.29) is 5.97 Å². The van der Waals surface area contributed by atoms with Crippen molar-refractivity contribution < 1.29 is 9.53 Å². The maximum absolute atomic E-state index is 12.1. The second-order valence-electron chi connectivity index (χ2n) is 4.30. The molecule has 1 aliphatic rings. The van der Waals surface area contributed by atoms with E-state index in [0.717, 1.165) is 9.99 Å². The molecule has 0 saturated heterocycles. The van der Waals surface area contributed by atoms with E-state index in [1.807, 2.05) is 48.6 Å². The first-order valence-electron chi connectivity index (χ1n) is 6.60. The molecule has 1 aliphatic carbocycles. The lowest BCUT2D eigenvalue weighted by Crippen LogP contribution is -2.04. The first-order chi connectivity index (χ1) is 10.3. The normalized spacial score (nSPS) is 23.0. The van der Waals surface area contributed by atoms with Crippen molar-refractivity contribution >= 4 is 28.6 Å². The number of halogens is 1. The first kappa shape index (κ1) is 15.5. The Morgan fingerprint density at radius 1 is 0.952 bits per heavy atom. The van der Waals surface area contributed by atoms with Crippen molar-refractivity contribution in [3.63, 3.8) is 0 Å². The van der Waals surface area contributed by atoms with Gasteiger partial charge in [-0.2, -0.15) is 0 Å². The third-order valence-electron chi connectivity index (χ3n) is 2.69. The van der Waals surface area contributed by atoms with Gasteiger partial charge in [0.15, 0.2) is 0 Å². The number of allylic oxidation sites excluding steroid dienone is 9. The van der Waals surface area contributed by atoms with Crippen molar-refractivity contribution in [3.8, 4) is 0 Å². The van der Waals surface area contributed by atoms with Gasteiger partial charge in [-0.05, 0) is 65.4 Å². The summed E-state index contributed by atoms with van der Waals surface area (Å²) in [5, 5.41) is 0. The van der Waals surface area contributed by atoms with Gasteiger partial charge in [0.05, 0.1) is 5.56 Å². The number of esters is 1. The van der Waals surface area contributed by atoms with E-state index in [0.29, 0.717) is 11.3 Å². The molecule has 0 bridgehead atoms. The average Bonchev–Trinajstić information content (AvgIpc) is 2.54. The molecule has 106 valence electrons. The van der Waals surface area contributed by atoms with E-state index in [9.17, 15) is 4.79 Å². The summed E-state index contributed by atoms with van der Waals surface area (Å²) in [5.41, 5.74) is 0.542. The second kappa shape index (κ2) is 8.42. The highest BCUT2D eigenvalue weighted by molar-refractivity contribution is 14.1. The fourth-order valence-electron chi connectivity index (χ4n) is 1.63. The average molecular weight is 390 g/mol. The van der Waals surface area contributed by atoms with Gasteiger partial charge in [-0.25, -0.2) is 4.79 Å². The van der Waals surface area contributed by atoms with Crippen LogP contribution in [-0.4, -0.2) is 5.97 Å². The minimum atomic E-state index is -0.354. The second-order valence-corrected chi connectivity index (χ2v) is 5.55. The molecule has 0 aromatic heterocycles. The molecule has 0 amide bonds. The molecule has 3 heteroatoms. The molecular weight excluding hydrogens is 375 g/mol. The van der Waals surface area contributed by atoms with Crippen LogP contribution in [0.1, 0.15) is 16.8 Å². The van der Waals surface area contributed by atoms with Crippen LogP contribution in [0.15, 0.2) is 84.7 Å². The lowest BCUT2D eigenvalue weighted by Gasteiger charge is -2.04. The summed E-state index contributed by atoms with van der Waals surface area (Å²) in [6, 6.07) is 7.29. The Morgan fingerprint density at radius 2 is 1.67 bits per heavy atom. The highest BCUT2D eigenvalue weighted by Crippen LogP contribution is 2.11. The van der Waals surface area contributed by atoms with Crippen molar-refractivity contribution in [2.45, 2.75) is 6.42 Å². The number of carbonyl (C=O) groups excluding carboxylic acids is 1. The predicted octanol–water partition coefficient (Wildman–Crippen LogP) is 4.96. The number of carbonyl (C=O) groups is 1. The quantitative estimate of drug-likeness (QED) is 0.527. The summed E-state index contributed by atoms with van der Waals surface area (Å²) in [7, 11) is 0. The monoisotopic (exact) mass is 390 g/mol. The molecule has 0 atom stereocenters. The van der Waals surface area contributed by atoms with Gasteiger partial charge < -0.3 is 4.74 Å². The minimum Gasteiger partial charge on any atom is -0.423 e. The van der Waals surface area contributed by atoms with Crippen LogP contribution in [-0.2, 0) is 4.74 Å². The number of ether oxygens (including phenoxy) is 1. The Bertz CT molecular complexity index is 632. The van der Waals surface area contributed by atoms with Crippen LogP contribution in [0.2, 0.25) is 0 Å². The number of benzene rings is 1. The smallest absolute Gasteiger partial charge is 0.343 e. The Hall–Kier alpha value is -1.88. The van der Waals surface area contributed by atoms with Gasteiger partial charge in [-0.15, -0.1) is 0 Å². The third kappa shape index (κ3) is 5.55. The molecule has 0 saturated carbocycles. The molecule has 2 nitrogen and oxygen atoms in total. The molecule has 1 aromatic rings. The Balaban J connectivity index is 2.11. The first-order valence-corrected chi connectivity index (χ1v) is 7.68. The third-order valence-corrected chi connectivity index (χ3v) is 3.41. The molecule has 1 aromatic carbocycles. The van der Waals surface area contributed by atoms with Gasteiger partial charge in [0, 0.05) is 3.57 Å². The highest BCUT2D eigenvalue weighted by Gasteiger charge is 2.08. The topological polar surface area (TPSA) is 26.3 Å². The summed E-state index contributed by atoms with van der Waals surface area (Å²) < 4.78 is 6.50. The lowest BCUT2D eigenvalue weighted by molar-refractivity contribution is 0.0637. The highest BCUT2D eigenvalue weighted by atomic mass is 127. The summed E-state index contributed by atoms with van der Waals surface area (Å²) in [6.07, 6.45) is 18.0. The molecule has 0 aliphatic heterocycles. The van der Waals surface area contributed by atoms with E-state index in [2.05, 4.69) is 28.7 Å². The zero-order chi connectivity index (χ0) is 14.9. The van der Waals surface area contributed by atoms with E-state index in [4.69, 9.17) is 4.74 Å². The van der Waals surface area contributed by atoms with E-state index >= 15 is 0 Å². The summed E-state index contributed by atoms with van der Waals surface area (Å²) in [4.78, 5) is 12.1. The van der Waals surface area contributed by atoms with Crippen LogP contribution < -0.4 is 0 Å². The molecule has 2 rings (SSSR count). The minimum absolute atomic E-state index is 0.354. The molecule has 0 spiro atoms. The molecular formula is C18H15IO2. The van der Waals surface area contributed by atoms with Crippen LogP contribution in [0, 0.1) is 3.57 Å². The largest absolute Gasteiger partial charge is 0.423 e. The van der Waals surface area contributed by atoms with E-state index in [1.165, 1.54) is 0 Å². The van der Waals surface area contributed by atoms with Gasteiger partial charge in [-0.1, -0.05) is 42.5 Å². The molecule has 0 unspecified atom stereocenters. The molecule has 21 heavy (non-hydrogen) atoms. The fraction of sp³-hybridized carbons (Fsp3) is 0.0556. The van der Waals surface area contributed by atoms with Crippen molar-refractivity contribution in [1.29, 1.82) is 0 Å². The van der Waals surface area contributed by atoms with Crippen LogP contribution >= 0.6 is 22.6 Å². The van der Waals surface area contributed by atoms with Crippen LogP contribution in [0.3, 0.4) is 0 Å². The zero-order valence-electron chi connectivity index (χ0n) is 11.4. The molecule has 0 N–H and O–H groups in total. The predicted molar refractivity (Wildman–Crippen MR) is 93.8 cm³/mol. The Labute approximate surface area is 138 Å². The Morgan fingerprint density at radius 3 is 2.48 bits per heavy atom. The van der Waals surface area contributed by atoms with Crippen LogP contribution in [0.5, 0.6) is 0 Å². The van der Waals surface area contributed by atoms with Crippen molar-refractivity contribution in [2.75, 3.05) is 0 Å². The number of hydrogen-bond acceptors (Lipinski definition) is 2. The number of hydrogen-bond donors (Lipinski definition) is 0. The summed E-state index contributed by atoms with van der Waals surface area (Å²) in [5.74, 6) is 0.161. The van der Waals surface area contributed by atoms with E-state index < -0.39 is 0 Å². The molecule has 0 heterocycles. The van der Waals surface area contributed by atoms with Crippen LogP contribution in [0.4, 0.5) is 0 Å². The van der Waals surface area contributed by atoms with Crippen LogP contribution in [0.25, 0.3) is 0 Å².